The monoisotopic (exact) mass is 420 g/mol. The van der Waals surface area contributed by atoms with Gasteiger partial charge >= 0.3 is 5.97 Å². The number of fused-ring (bicyclic) bond motifs is 1. The maximum Gasteiger partial charge on any atom is 0.338 e. The van der Waals surface area contributed by atoms with Crippen LogP contribution in [0.5, 0.6) is 11.5 Å². The average molecular weight is 420 g/mol. The SMILES string of the molecule is CCOC(=O)C1=C(C)Nc2nc(-c3ccc(OCC)cc3)nn2C1c1cccc(O)c1. The molecule has 2 heterocycles. The second-order valence-electron chi connectivity index (χ2n) is 7.04. The van der Waals surface area contributed by atoms with Crippen LogP contribution in [-0.4, -0.2) is 39.1 Å². The summed E-state index contributed by atoms with van der Waals surface area (Å²) in [6, 6.07) is 13.7. The summed E-state index contributed by atoms with van der Waals surface area (Å²) in [6.07, 6.45) is 0. The Kier molecular flexibility index (Phi) is 5.62. The summed E-state index contributed by atoms with van der Waals surface area (Å²) in [5.41, 5.74) is 2.57. The number of carbonyl (C=O) groups is 1. The van der Waals surface area contributed by atoms with Crippen molar-refractivity contribution < 1.29 is 19.4 Å². The molecule has 1 unspecified atom stereocenters. The number of nitrogens with zero attached hydrogens (tertiary/aromatic N) is 3. The largest absolute Gasteiger partial charge is 0.508 e. The molecular weight excluding hydrogens is 396 g/mol. The molecule has 8 heteroatoms. The second kappa shape index (κ2) is 8.51. The first-order chi connectivity index (χ1) is 15.0. The standard InChI is InChI=1S/C23H24N4O4/c1-4-30-18-11-9-15(10-12-18)21-25-23-24-14(3)19(22(29)31-5-2)20(27(23)26-21)16-7-6-8-17(28)13-16/h6-13,20,28H,4-5H2,1-3H3,(H,24,25,26). The molecule has 160 valence electrons. The van der Waals surface area contributed by atoms with Gasteiger partial charge in [0.05, 0.1) is 18.8 Å². The summed E-state index contributed by atoms with van der Waals surface area (Å²) in [5, 5.41) is 17.9. The minimum absolute atomic E-state index is 0.102. The van der Waals surface area contributed by atoms with Gasteiger partial charge in [0.25, 0.3) is 0 Å². The van der Waals surface area contributed by atoms with Gasteiger partial charge in [-0.1, -0.05) is 12.1 Å². The number of rotatable bonds is 6. The average Bonchev–Trinajstić information content (AvgIpc) is 3.17. The first-order valence-corrected chi connectivity index (χ1v) is 10.2. The number of phenolic OH excluding ortho intramolecular Hbond substituents is 1. The van der Waals surface area contributed by atoms with Gasteiger partial charge in [0.1, 0.15) is 17.5 Å². The third kappa shape index (κ3) is 3.96. The molecule has 0 bridgehead atoms. The van der Waals surface area contributed by atoms with Crippen LogP contribution >= 0.6 is 0 Å². The lowest BCUT2D eigenvalue weighted by molar-refractivity contribution is -0.139. The summed E-state index contributed by atoms with van der Waals surface area (Å²) in [7, 11) is 0. The second-order valence-corrected chi connectivity index (χ2v) is 7.04. The molecular formula is C23H24N4O4. The van der Waals surface area contributed by atoms with Gasteiger partial charge in [0.15, 0.2) is 5.82 Å². The topological polar surface area (TPSA) is 98.5 Å². The lowest BCUT2D eigenvalue weighted by atomic mass is 9.95. The predicted octanol–water partition coefficient (Wildman–Crippen LogP) is 3.90. The number of esters is 1. The quantitative estimate of drug-likeness (QED) is 0.584. The summed E-state index contributed by atoms with van der Waals surface area (Å²) in [6.45, 7) is 6.34. The Bertz CT molecular complexity index is 1130. The number of anilines is 1. The molecule has 8 nitrogen and oxygen atoms in total. The lowest BCUT2D eigenvalue weighted by Gasteiger charge is -2.28. The Morgan fingerprint density at radius 3 is 2.61 bits per heavy atom. The fourth-order valence-corrected chi connectivity index (χ4v) is 3.62. The van der Waals surface area contributed by atoms with Crippen molar-refractivity contribution in [2.24, 2.45) is 0 Å². The van der Waals surface area contributed by atoms with E-state index < -0.39 is 12.0 Å². The molecule has 0 amide bonds. The first-order valence-electron chi connectivity index (χ1n) is 10.2. The normalized spacial score (nSPS) is 15.3. The van der Waals surface area contributed by atoms with E-state index in [9.17, 15) is 9.90 Å². The highest BCUT2D eigenvalue weighted by atomic mass is 16.5. The number of carbonyl (C=O) groups excluding carboxylic acids is 1. The van der Waals surface area contributed by atoms with E-state index in [1.165, 1.54) is 0 Å². The maximum atomic E-state index is 12.8. The fourth-order valence-electron chi connectivity index (χ4n) is 3.62. The number of benzene rings is 2. The summed E-state index contributed by atoms with van der Waals surface area (Å²) >= 11 is 0. The fraction of sp³-hybridized carbons (Fsp3) is 0.261. The van der Waals surface area contributed by atoms with Crippen LogP contribution in [0.3, 0.4) is 0 Å². The van der Waals surface area contributed by atoms with Crippen LogP contribution in [0.4, 0.5) is 5.95 Å². The van der Waals surface area contributed by atoms with E-state index in [1.54, 1.807) is 36.7 Å². The van der Waals surface area contributed by atoms with E-state index in [0.29, 0.717) is 35.2 Å². The van der Waals surface area contributed by atoms with E-state index in [-0.39, 0.29) is 12.4 Å². The number of aromatic hydroxyl groups is 1. The van der Waals surface area contributed by atoms with Crippen molar-refractivity contribution in [3.05, 3.63) is 65.4 Å². The van der Waals surface area contributed by atoms with Crippen LogP contribution in [0, 0.1) is 0 Å². The van der Waals surface area contributed by atoms with Crippen molar-refractivity contribution in [1.29, 1.82) is 0 Å². The van der Waals surface area contributed by atoms with Gasteiger partial charge in [-0.3, -0.25) is 0 Å². The summed E-state index contributed by atoms with van der Waals surface area (Å²) in [4.78, 5) is 17.4. The molecule has 0 radical (unpaired) electrons. The third-order valence-corrected chi connectivity index (χ3v) is 4.96. The molecule has 1 aliphatic rings. The molecule has 0 spiro atoms. The Morgan fingerprint density at radius 1 is 1.16 bits per heavy atom. The van der Waals surface area contributed by atoms with Gasteiger partial charge in [0.2, 0.25) is 5.95 Å². The number of hydrogen-bond acceptors (Lipinski definition) is 7. The van der Waals surface area contributed by atoms with E-state index in [2.05, 4.69) is 10.3 Å². The van der Waals surface area contributed by atoms with Crippen molar-refractivity contribution in [2.75, 3.05) is 18.5 Å². The number of phenols is 1. The molecule has 2 aromatic carbocycles. The van der Waals surface area contributed by atoms with Crippen molar-refractivity contribution >= 4 is 11.9 Å². The Hall–Kier alpha value is -3.81. The summed E-state index contributed by atoms with van der Waals surface area (Å²) in [5.74, 6) is 1.44. The van der Waals surface area contributed by atoms with Crippen molar-refractivity contribution in [2.45, 2.75) is 26.8 Å². The van der Waals surface area contributed by atoms with Crippen LogP contribution in [0.2, 0.25) is 0 Å². The molecule has 0 saturated carbocycles. The van der Waals surface area contributed by atoms with Crippen molar-refractivity contribution in [3.8, 4) is 22.9 Å². The van der Waals surface area contributed by atoms with Crippen LogP contribution in [-0.2, 0) is 9.53 Å². The Balaban J connectivity index is 1.80. The zero-order valence-corrected chi connectivity index (χ0v) is 17.6. The Morgan fingerprint density at radius 2 is 1.94 bits per heavy atom. The Labute approximate surface area is 180 Å². The smallest absolute Gasteiger partial charge is 0.338 e. The predicted molar refractivity (Wildman–Crippen MR) is 116 cm³/mol. The highest BCUT2D eigenvalue weighted by Crippen LogP contribution is 2.37. The third-order valence-electron chi connectivity index (χ3n) is 4.96. The van der Waals surface area contributed by atoms with Crippen molar-refractivity contribution in [3.63, 3.8) is 0 Å². The maximum absolute atomic E-state index is 12.8. The van der Waals surface area contributed by atoms with Gasteiger partial charge in [-0.15, -0.1) is 5.10 Å². The molecule has 0 aliphatic carbocycles. The van der Waals surface area contributed by atoms with Gasteiger partial charge in [0, 0.05) is 11.3 Å². The van der Waals surface area contributed by atoms with Gasteiger partial charge in [-0.25, -0.2) is 9.48 Å². The number of aromatic nitrogens is 3. The lowest BCUT2D eigenvalue weighted by Crippen LogP contribution is -2.29. The van der Waals surface area contributed by atoms with Crippen molar-refractivity contribution in [1.82, 2.24) is 14.8 Å². The van der Waals surface area contributed by atoms with Crippen LogP contribution in [0.15, 0.2) is 59.8 Å². The zero-order valence-electron chi connectivity index (χ0n) is 17.6. The first kappa shape index (κ1) is 20.5. The van der Waals surface area contributed by atoms with E-state index in [4.69, 9.17) is 14.6 Å². The molecule has 31 heavy (non-hydrogen) atoms. The van der Waals surface area contributed by atoms with E-state index >= 15 is 0 Å². The molecule has 1 atom stereocenters. The van der Waals surface area contributed by atoms with E-state index in [1.807, 2.05) is 37.3 Å². The van der Waals surface area contributed by atoms with Gasteiger partial charge in [-0.2, -0.15) is 4.98 Å². The number of nitrogens with one attached hydrogen (secondary N) is 1. The molecule has 0 fully saturated rings. The molecule has 2 N–H and O–H groups in total. The molecule has 0 saturated heterocycles. The highest BCUT2D eigenvalue weighted by molar-refractivity contribution is 5.92. The molecule has 3 aromatic rings. The molecule has 1 aromatic heterocycles. The minimum Gasteiger partial charge on any atom is -0.508 e. The molecule has 4 rings (SSSR count). The van der Waals surface area contributed by atoms with Gasteiger partial charge in [-0.05, 0) is 62.7 Å². The number of ether oxygens (including phenoxy) is 2. The number of hydrogen-bond donors (Lipinski definition) is 2. The number of allylic oxidation sites excluding steroid dienone is 1. The minimum atomic E-state index is -0.591. The van der Waals surface area contributed by atoms with Crippen LogP contribution in [0.25, 0.3) is 11.4 Å². The van der Waals surface area contributed by atoms with Crippen LogP contribution < -0.4 is 10.1 Å². The van der Waals surface area contributed by atoms with E-state index in [0.717, 1.165) is 11.3 Å². The van der Waals surface area contributed by atoms with Gasteiger partial charge < -0.3 is 19.9 Å². The highest BCUT2D eigenvalue weighted by Gasteiger charge is 2.35. The summed E-state index contributed by atoms with van der Waals surface area (Å²) < 4.78 is 12.5. The zero-order chi connectivity index (χ0) is 22.0. The molecule has 1 aliphatic heterocycles. The van der Waals surface area contributed by atoms with Crippen LogP contribution in [0.1, 0.15) is 32.4 Å².